The molecule has 0 atom stereocenters. The monoisotopic (exact) mass is 329 g/mol. The Morgan fingerprint density at radius 3 is 2.78 bits per heavy atom. The summed E-state index contributed by atoms with van der Waals surface area (Å²) < 4.78 is 1.04. The number of hydrogen-bond acceptors (Lipinski definition) is 1. The predicted octanol–water partition coefficient (Wildman–Crippen LogP) is 5.16. The van der Waals surface area contributed by atoms with Crippen molar-refractivity contribution in [1.82, 2.24) is 5.32 Å². The molecule has 1 fully saturated rings. The van der Waals surface area contributed by atoms with E-state index in [-0.39, 0.29) is 0 Å². The molecule has 0 heterocycles. The Morgan fingerprint density at radius 2 is 2.06 bits per heavy atom. The van der Waals surface area contributed by atoms with Crippen LogP contribution in [0.5, 0.6) is 0 Å². The fourth-order valence-corrected chi connectivity index (χ4v) is 3.44. The largest absolute Gasteiger partial charge is 0.313 e. The maximum Gasteiger partial charge on any atom is 0.0462 e. The normalized spacial score (nSPS) is 16.3. The highest BCUT2D eigenvalue weighted by Crippen LogP contribution is 2.28. The van der Waals surface area contributed by atoms with E-state index in [0.717, 1.165) is 28.5 Å². The fourth-order valence-electron chi connectivity index (χ4n) is 2.70. The van der Waals surface area contributed by atoms with Gasteiger partial charge in [-0.05, 0) is 43.0 Å². The Bertz CT molecular complexity index is 375. The zero-order valence-corrected chi connectivity index (χ0v) is 13.1. The van der Waals surface area contributed by atoms with Gasteiger partial charge in [0.25, 0.3) is 0 Å². The molecule has 1 saturated carbocycles. The maximum absolute atomic E-state index is 6.18. The topological polar surface area (TPSA) is 12.0 Å². The molecule has 0 saturated heterocycles. The van der Waals surface area contributed by atoms with E-state index in [1.165, 1.54) is 44.1 Å². The van der Waals surface area contributed by atoms with Crippen LogP contribution < -0.4 is 5.32 Å². The lowest BCUT2D eigenvalue weighted by molar-refractivity contribution is 0.470. The molecule has 0 aliphatic heterocycles. The van der Waals surface area contributed by atoms with Crippen LogP contribution in [-0.2, 0) is 6.54 Å². The first-order valence-corrected chi connectivity index (χ1v) is 8.07. The highest BCUT2D eigenvalue weighted by molar-refractivity contribution is 9.10. The molecule has 0 amide bonds. The summed E-state index contributed by atoms with van der Waals surface area (Å²) in [5, 5.41) is 4.33. The lowest BCUT2D eigenvalue weighted by atomic mass is 10.0. The third kappa shape index (κ3) is 4.56. The average molecular weight is 331 g/mol. The first-order valence-electron chi connectivity index (χ1n) is 6.90. The lowest BCUT2D eigenvalue weighted by Crippen LogP contribution is -2.15. The average Bonchev–Trinajstić information content (AvgIpc) is 2.84. The highest BCUT2D eigenvalue weighted by Gasteiger charge is 2.13. The molecule has 3 heteroatoms. The minimum atomic E-state index is 0.840. The maximum atomic E-state index is 6.18. The summed E-state index contributed by atoms with van der Waals surface area (Å²) in [4.78, 5) is 0. The predicted molar refractivity (Wildman–Crippen MR) is 82.1 cm³/mol. The van der Waals surface area contributed by atoms with Crippen LogP contribution in [0.3, 0.4) is 0 Å². The summed E-state index contributed by atoms with van der Waals surface area (Å²) in [6.45, 7) is 1.97. The van der Waals surface area contributed by atoms with Gasteiger partial charge in [0, 0.05) is 16.0 Å². The third-order valence-corrected chi connectivity index (χ3v) is 4.62. The van der Waals surface area contributed by atoms with E-state index in [0.29, 0.717) is 0 Å². The Balaban J connectivity index is 1.62. The summed E-state index contributed by atoms with van der Waals surface area (Å²) in [5.74, 6) is 1.00. The van der Waals surface area contributed by atoms with Crippen molar-refractivity contribution in [2.24, 2.45) is 5.92 Å². The number of rotatable bonds is 6. The van der Waals surface area contributed by atoms with Crippen LogP contribution in [0.15, 0.2) is 22.7 Å². The van der Waals surface area contributed by atoms with Gasteiger partial charge in [0.2, 0.25) is 0 Å². The zero-order chi connectivity index (χ0) is 12.8. The zero-order valence-electron chi connectivity index (χ0n) is 10.7. The van der Waals surface area contributed by atoms with Crippen molar-refractivity contribution in [1.29, 1.82) is 0 Å². The van der Waals surface area contributed by atoms with Crippen molar-refractivity contribution in [3.63, 3.8) is 0 Å². The second-order valence-electron chi connectivity index (χ2n) is 5.21. The van der Waals surface area contributed by atoms with E-state index >= 15 is 0 Å². The van der Waals surface area contributed by atoms with Crippen molar-refractivity contribution >= 4 is 27.5 Å². The van der Waals surface area contributed by atoms with Crippen molar-refractivity contribution < 1.29 is 0 Å². The van der Waals surface area contributed by atoms with Gasteiger partial charge in [-0.15, -0.1) is 0 Å². The van der Waals surface area contributed by atoms with Gasteiger partial charge >= 0.3 is 0 Å². The van der Waals surface area contributed by atoms with Crippen LogP contribution in [0.25, 0.3) is 0 Å². The molecule has 0 radical (unpaired) electrons. The number of hydrogen-bond donors (Lipinski definition) is 1. The van der Waals surface area contributed by atoms with E-state index in [1.807, 2.05) is 12.1 Å². The fraction of sp³-hybridized carbons (Fsp3) is 0.600. The minimum absolute atomic E-state index is 0.840. The molecule has 1 nitrogen and oxygen atoms in total. The minimum Gasteiger partial charge on any atom is -0.313 e. The summed E-state index contributed by atoms with van der Waals surface area (Å²) in [7, 11) is 0. The molecule has 2 rings (SSSR count). The van der Waals surface area contributed by atoms with Crippen LogP contribution in [0.1, 0.15) is 44.1 Å². The molecule has 18 heavy (non-hydrogen) atoms. The van der Waals surface area contributed by atoms with Crippen molar-refractivity contribution in [2.45, 2.75) is 45.1 Å². The van der Waals surface area contributed by atoms with Gasteiger partial charge in [-0.3, -0.25) is 0 Å². The van der Waals surface area contributed by atoms with Gasteiger partial charge in [-0.2, -0.15) is 0 Å². The quantitative estimate of drug-likeness (QED) is 0.710. The SMILES string of the molecule is Clc1cc(Br)ccc1CNCCCC1CCCC1. The van der Waals surface area contributed by atoms with Crippen LogP contribution in [0.4, 0.5) is 0 Å². The number of halogens is 2. The molecule has 0 spiro atoms. The summed E-state index contributed by atoms with van der Waals surface area (Å²) in [6, 6.07) is 6.08. The Kier molecular flexibility index (Phi) is 6.00. The van der Waals surface area contributed by atoms with Gasteiger partial charge in [-0.25, -0.2) is 0 Å². The van der Waals surface area contributed by atoms with Crippen LogP contribution in [-0.4, -0.2) is 6.54 Å². The van der Waals surface area contributed by atoms with Gasteiger partial charge in [0.15, 0.2) is 0 Å². The van der Waals surface area contributed by atoms with Gasteiger partial charge in [0.05, 0.1) is 0 Å². The second kappa shape index (κ2) is 7.52. The smallest absolute Gasteiger partial charge is 0.0462 e. The van der Waals surface area contributed by atoms with E-state index in [9.17, 15) is 0 Å². The van der Waals surface area contributed by atoms with Crippen molar-refractivity contribution in [3.05, 3.63) is 33.3 Å². The lowest BCUT2D eigenvalue weighted by Gasteiger charge is -2.10. The van der Waals surface area contributed by atoms with E-state index < -0.39 is 0 Å². The molecule has 100 valence electrons. The van der Waals surface area contributed by atoms with E-state index in [2.05, 4.69) is 27.3 Å². The van der Waals surface area contributed by atoms with Crippen LogP contribution >= 0.6 is 27.5 Å². The standard InChI is InChI=1S/C15H21BrClN/c16-14-8-7-13(15(17)10-14)11-18-9-3-6-12-4-1-2-5-12/h7-8,10,12,18H,1-6,9,11H2. The third-order valence-electron chi connectivity index (χ3n) is 3.77. The summed E-state index contributed by atoms with van der Waals surface area (Å²) >= 11 is 9.60. The van der Waals surface area contributed by atoms with Crippen LogP contribution in [0.2, 0.25) is 5.02 Å². The Morgan fingerprint density at radius 1 is 1.28 bits per heavy atom. The van der Waals surface area contributed by atoms with E-state index in [1.54, 1.807) is 0 Å². The first-order chi connectivity index (χ1) is 8.75. The summed E-state index contributed by atoms with van der Waals surface area (Å²) in [6.07, 6.45) is 8.50. The molecular formula is C15H21BrClN. The number of nitrogens with one attached hydrogen (secondary N) is 1. The molecule has 1 aromatic carbocycles. The second-order valence-corrected chi connectivity index (χ2v) is 6.53. The van der Waals surface area contributed by atoms with Crippen molar-refractivity contribution in [3.8, 4) is 0 Å². The van der Waals surface area contributed by atoms with Crippen molar-refractivity contribution in [2.75, 3.05) is 6.54 Å². The van der Waals surface area contributed by atoms with Gasteiger partial charge in [-0.1, -0.05) is 59.3 Å². The molecular weight excluding hydrogens is 310 g/mol. The molecule has 0 bridgehead atoms. The Hall–Kier alpha value is -0.0500. The molecule has 0 aromatic heterocycles. The Labute approximate surface area is 123 Å². The molecule has 1 aromatic rings. The molecule has 0 unspecified atom stereocenters. The number of benzene rings is 1. The molecule has 1 aliphatic rings. The highest BCUT2D eigenvalue weighted by atomic mass is 79.9. The first kappa shape index (κ1) is 14.4. The molecule has 1 N–H and O–H groups in total. The summed E-state index contributed by atoms with van der Waals surface area (Å²) in [5.41, 5.74) is 1.18. The molecule has 1 aliphatic carbocycles. The van der Waals surface area contributed by atoms with Gasteiger partial charge in [0.1, 0.15) is 0 Å². The van der Waals surface area contributed by atoms with E-state index in [4.69, 9.17) is 11.6 Å². The van der Waals surface area contributed by atoms with Gasteiger partial charge < -0.3 is 5.32 Å². The van der Waals surface area contributed by atoms with Crippen LogP contribution in [0, 0.1) is 5.92 Å².